The van der Waals surface area contributed by atoms with Crippen LogP contribution < -0.4 is 14.8 Å². The molecule has 106 valence electrons. The first kappa shape index (κ1) is 14.7. The Morgan fingerprint density at radius 1 is 1.26 bits per heavy atom. The lowest BCUT2D eigenvalue weighted by atomic mass is 9.96. The number of methoxy groups -OCH3 is 1. The van der Waals surface area contributed by atoms with E-state index in [-0.39, 0.29) is 0 Å². The molecule has 1 aliphatic rings. The molecule has 1 aromatic rings. The Hall–Kier alpha value is -0.740. The first-order valence-corrected chi connectivity index (χ1v) is 7.78. The van der Waals surface area contributed by atoms with Gasteiger partial charge in [-0.25, -0.2) is 0 Å². The third-order valence-electron chi connectivity index (χ3n) is 3.54. The third kappa shape index (κ3) is 4.69. The first-order chi connectivity index (χ1) is 9.29. The molecule has 1 aliphatic carbocycles. The molecular weight excluding hydrogens is 306 g/mol. The zero-order valence-electron chi connectivity index (χ0n) is 11.5. The van der Waals surface area contributed by atoms with E-state index >= 15 is 0 Å². The number of hydrogen-bond donors (Lipinski definition) is 1. The smallest absolute Gasteiger partial charge is 0.133 e. The monoisotopic (exact) mass is 327 g/mol. The van der Waals surface area contributed by atoms with Crippen molar-refractivity contribution in [2.45, 2.75) is 38.1 Å². The number of nitrogens with one attached hydrogen (secondary N) is 1. The summed E-state index contributed by atoms with van der Waals surface area (Å²) in [5, 5.41) is 3.57. The van der Waals surface area contributed by atoms with Gasteiger partial charge >= 0.3 is 0 Å². The predicted octanol–water partition coefficient (Wildman–Crippen LogP) is 3.76. The molecule has 0 amide bonds. The molecule has 19 heavy (non-hydrogen) atoms. The van der Waals surface area contributed by atoms with Crippen molar-refractivity contribution in [1.29, 1.82) is 0 Å². The summed E-state index contributed by atoms with van der Waals surface area (Å²) in [6.45, 7) is 1.60. The molecule has 1 fully saturated rings. The summed E-state index contributed by atoms with van der Waals surface area (Å²) in [5.74, 6) is 1.70. The van der Waals surface area contributed by atoms with E-state index < -0.39 is 0 Å². The largest absolute Gasteiger partial charge is 0.497 e. The Bertz CT molecular complexity index is 392. The molecule has 0 atom stereocenters. The fourth-order valence-electron chi connectivity index (χ4n) is 2.46. The highest BCUT2D eigenvalue weighted by atomic mass is 79.9. The maximum absolute atomic E-state index is 5.76. The van der Waals surface area contributed by atoms with Crippen LogP contribution in [0.3, 0.4) is 0 Å². The topological polar surface area (TPSA) is 30.5 Å². The maximum atomic E-state index is 5.76. The van der Waals surface area contributed by atoms with Crippen molar-refractivity contribution in [3.63, 3.8) is 0 Å². The number of hydrogen-bond acceptors (Lipinski definition) is 3. The van der Waals surface area contributed by atoms with E-state index in [9.17, 15) is 0 Å². The van der Waals surface area contributed by atoms with Crippen LogP contribution >= 0.6 is 15.9 Å². The van der Waals surface area contributed by atoms with E-state index in [0.29, 0.717) is 12.6 Å². The molecule has 0 radical (unpaired) electrons. The second-order valence-corrected chi connectivity index (χ2v) is 5.79. The second-order valence-electron chi connectivity index (χ2n) is 4.93. The Kier molecular flexibility index (Phi) is 5.98. The maximum Gasteiger partial charge on any atom is 0.133 e. The average molecular weight is 328 g/mol. The highest BCUT2D eigenvalue weighted by molar-refractivity contribution is 9.10. The van der Waals surface area contributed by atoms with Crippen molar-refractivity contribution in [3.05, 3.63) is 22.7 Å². The zero-order valence-corrected chi connectivity index (χ0v) is 13.0. The van der Waals surface area contributed by atoms with Gasteiger partial charge in [-0.2, -0.15) is 0 Å². The number of rotatable bonds is 6. The second kappa shape index (κ2) is 7.75. The molecule has 3 nitrogen and oxygen atoms in total. The molecule has 1 aromatic carbocycles. The van der Waals surface area contributed by atoms with Crippen LogP contribution in [0.25, 0.3) is 0 Å². The molecule has 0 aromatic heterocycles. The molecule has 4 heteroatoms. The standard InChI is InChI=1S/C15H22BrNO2/c1-18-13-7-8-15(14(16)11-13)19-10-9-17-12-5-3-2-4-6-12/h7-8,11-12,17H,2-6,9-10H2,1H3. The van der Waals surface area contributed by atoms with Crippen LogP contribution in [-0.4, -0.2) is 26.3 Å². The van der Waals surface area contributed by atoms with Crippen LogP contribution in [0.15, 0.2) is 22.7 Å². The van der Waals surface area contributed by atoms with Crippen molar-refractivity contribution >= 4 is 15.9 Å². The van der Waals surface area contributed by atoms with Gasteiger partial charge in [0.25, 0.3) is 0 Å². The fraction of sp³-hybridized carbons (Fsp3) is 0.600. The third-order valence-corrected chi connectivity index (χ3v) is 4.16. The summed E-state index contributed by atoms with van der Waals surface area (Å²) in [5.41, 5.74) is 0. The number of ether oxygens (including phenoxy) is 2. The molecule has 0 unspecified atom stereocenters. The highest BCUT2D eigenvalue weighted by Crippen LogP contribution is 2.28. The van der Waals surface area contributed by atoms with Gasteiger partial charge in [0.2, 0.25) is 0 Å². The van der Waals surface area contributed by atoms with E-state index in [2.05, 4.69) is 21.2 Å². The summed E-state index contributed by atoms with van der Waals surface area (Å²) in [6, 6.07) is 6.46. The molecule has 2 rings (SSSR count). The molecule has 1 saturated carbocycles. The van der Waals surface area contributed by atoms with Crippen LogP contribution in [0, 0.1) is 0 Å². The minimum Gasteiger partial charge on any atom is -0.497 e. The van der Waals surface area contributed by atoms with Gasteiger partial charge in [-0.1, -0.05) is 19.3 Å². The predicted molar refractivity (Wildman–Crippen MR) is 81.1 cm³/mol. The minimum absolute atomic E-state index is 0.691. The van der Waals surface area contributed by atoms with Gasteiger partial charge in [0.1, 0.15) is 18.1 Å². The van der Waals surface area contributed by atoms with Gasteiger partial charge in [-0.15, -0.1) is 0 Å². The van der Waals surface area contributed by atoms with Gasteiger partial charge in [-0.05, 0) is 47.0 Å². The van der Waals surface area contributed by atoms with E-state index in [4.69, 9.17) is 9.47 Å². The highest BCUT2D eigenvalue weighted by Gasteiger charge is 2.12. The fourth-order valence-corrected chi connectivity index (χ4v) is 2.93. The summed E-state index contributed by atoms with van der Waals surface area (Å²) in [4.78, 5) is 0. The van der Waals surface area contributed by atoms with Crippen molar-refractivity contribution in [3.8, 4) is 11.5 Å². The summed E-state index contributed by atoms with van der Waals surface area (Å²) >= 11 is 3.49. The molecule has 0 bridgehead atoms. The van der Waals surface area contributed by atoms with E-state index in [1.165, 1.54) is 32.1 Å². The lowest BCUT2D eigenvalue weighted by molar-refractivity contribution is 0.287. The molecule has 0 spiro atoms. The van der Waals surface area contributed by atoms with E-state index in [1.54, 1.807) is 7.11 Å². The SMILES string of the molecule is COc1ccc(OCCNC2CCCCC2)c(Br)c1. The minimum atomic E-state index is 0.691. The van der Waals surface area contributed by atoms with Crippen molar-refractivity contribution < 1.29 is 9.47 Å². The van der Waals surface area contributed by atoms with Crippen LogP contribution in [-0.2, 0) is 0 Å². The lowest BCUT2D eigenvalue weighted by Gasteiger charge is -2.22. The molecule has 0 heterocycles. The van der Waals surface area contributed by atoms with E-state index in [0.717, 1.165) is 22.5 Å². The zero-order chi connectivity index (χ0) is 13.5. The summed E-state index contributed by atoms with van der Waals surface area (Å²) in [7, 11) is 1.66. The molecule has 1 N–H and O–H groups in total. The normalized spacial score (nSPS) is 16.3. The van der Waals surface area contributed by atoms with Crippen molar-refractivity contribution in [2.24, 2.45) is 0 Å². The Labute approximate surface area is 123 Å². The van der Waals surface area contributed by atoms with Crippen molar-refractivity contribution in [1.82, 2.24) is 5.32 Å². The average Bonchev–Trinajstić information content (AvgIpc) is 2.46. The van der Waals surface area contributed by atoms with Crippen LogP contribution in [0.2, 0.25) is 0 Å². The van der Waals surface area contributed by atoms with Gasteiger partial charge in [0.05, 0.1) is 11.6 Å². The summed E-state index contributed by atoms with van der Waals surface area (Å²) in [6.07, 6.45) is 6.75. The van der Waals surface area contributed by atoms with Crippen molar-refractivity contribution in [2.75, 3.05) is 20.3 Å². The molecule has 0 aliphatic heterocycles. The van der Waals surface area contributed by atoms with Gasteiger partial charge < -0.3 is 14.8 Å². The molecule has 0 saturated heterocycles. The lowest BCUT2D eigenvalue weighted by Crippen LogP contribution is -2.34. The van der Waals surface area contributed by atoms with Crippen LogP contribution in [0.1, 0.15) is 32.1 Å². The van der Waals surface area contributed by atoms with Crippen LogP contribution in [0.5, 0.6) is 11.5 Å². The Balaban J connectivity index is 1.70. The number of benzene rings is 1. The molecular formula is C15H22BrNO2. The number of halogens is 1. The van der Waals surface area contributed by atoms with Crippen LogP contribution in [0.4, 0.5) is 0 Å². The van der Waals surface area contributed by atoms with E-state index in [1.807, 2.05) is 18.2 Å². The van der Waals surface area contributed by atoms with Gasteiger partial charge in [0.15, 0.2) is 0 Å². The summed E-state index contributed by atoms with van der Waals surface area (Å²) < 4.78 is 11.9. The first-order valence-electron chi connectivity index (χ1n) is 6.99. The quantitative estimate of drug-likeness (QED) is 0.807. The Morgan fingerprint density at radius 3 is 2.74 bits per heavy atom. The van der Waals surface area contributed by atoms with Gasteiger partial charge in [-0.3, -0.25) is 0 Å². The van der Waals surface area contributed by atoms with Gasteiger partial charge in [0, 0.05) is 12.6 Å². The Morgan fingerprint density at radius 2 is 2.05 bits per heavy atom.